The fraction of sp³-hybridized carbons (Fsp3) is 0.294. The van der Waals surface area contributed by atoms with Crippen LogP contribution in [0.3, 0.4) is 0 Å². The van der Waals surface area contributed by atoms with Gasteiger partial charge in [0.1, 0.15) is 11.3 Å². The lowest BCUT2D eigenvalue weighted by Gasteiger charge is -2.14. The molecule has 1 saturated carbocycles. The number of carboxylic acid groups (broad SMARTS) is 1. The first-order valence-corrected chi connectivity index (χ1v) is 7.16. The van der Waals surface area contributed by atoms with Gasteiger partial charge in [-0.05, 0) is 61.2 Å². The highest BCUT2D eigenvalue weighted by Gasteiger charge is 2.29. The Morgan fingerprint density at radius 2 is 2.00 bits per heavy atom. The third-order valence-electron chi connectivity index (χ3n) is 3.95. The molecule has 114 valence electrons. The van der Waals surface area contributed by atoms with E-state index in [2.05, 4.69) is 0 Å². The van der Waals surface area contributed by atoms with E-state index in [0.717, 1.165) is 35.4 Å². The number of hydrogen-bond donors (Lipinski definition) is 1. The van der Waals surface area contributed by atoms with Crippen LogP contribution < -0.4 is 10.3 Å². The molecule has 0 unspecified atom stereocenters. The summed E-state index contributed by atoms with van der Waals surface area (Å²) in [6.45, 7) is 1.94. The number of methoxy groups -OCH3 is 1. The lowest BCUT2D eigenvalue weighted by molar-refractivity contribution is 0.0694. The fourth-order valence-electron chi connectivity index (χ4n) is 2.68. The molecule has 0 saturated heterocycles. The van der Waals surface area contributed by atoms with Gasteiger partial charge in [0.05, 0.1) is 12.8 Å². The van der Waals surface area contributed by atoms with E-state index in [1.807, 2.05) is 25.1 Å². The predicted octanol–water partition coefficient (Wildman–Crippen LogP) is 2.87. The van der Waals surface area contributed by atoms with Crippen LogP contribution in [0, 0.1) is 6.92 Å². The quantitative estimate of drug-likeness (QED) is 0.942. The normalized spacial score (nSPS) is 13.9. The van der Waals surface area contributed by atoms with E-state index in [0.29, 0.717) is 0 Å². The molecule has 1 fully saturated rings. The Hall–Kier alpha value is -2.56. The molecule has 5 heteroatoms. The minimum Gasteiger partial charge on any atom is -0.496 e. The summed E-state index contributed by atoms with van der Waals surface area (Å²) >= 11 is 0. The summed E-state index contributed by atoms with van der Waals surface area (Å²) in [6, 6.07) is 8.90. The second kappa shape index (κ2) is 5.33. The van der Waals surface area contributed by atoms with Crippen molar-refractivity contribution in [1.29, 1.82) is 0 Å². The van der Waals surface area contributed by atoms with Crippen LogP contribution in [-0.4, -0.2) is 22.8 Å². The first kappa shape index (κ1) is 14.4. The van der Waals surface area contributed by atoms with Crippen molar-refractivity contribution in [1.82, 2.24) is 4.57 Å². The number of hydrogen-bond acceptors (Lipinski definition) is 3. The van der Waals surface area contributed by atoms with Crippen molar-refractivity contribution in [2.75, 3.05) is 7.11 Å². The van der Waals surface area contributed by atoms with Gasteiger partial charge >= 0.3 is 5.97 Å². The van der Waals surface area contributed by atoms with Crippen LogP contribution in [0.25, 0.3) is 11.3 Å². The number of pyridine rings is 1. The van der Waals surface area contributed by atoms with Crippen molar-refractivity contribution in [3.8, 4) is 17.0 Å². The molecule has 2 aromatic rings. The smallest absolute Gasteiger partial charge is 0.341 e. The molecule has 0 amide bonds. The van der Waals surface area contributed by atoms with E-state index in [4.69, 9.17) is 9.84 Å². The van der Waals surface area contributed by atoms with Crippen molar-refractivity contribution in [2.45, 2.75) is 25.8 Å². The number of aromatic carboxylic acids is 1. The fourth-order valence-corrected chi connectivity index (χ4v) is 2.68. The molecule has 1 heterocycles. The molecule has 1 aromatic carbocycles. The maximum absolute atomic E-state index is 12.5. The van der Waals surface area contributed by atoms with Crippen molar-refractivity contribution < 1.29 is 14.6 Å². The van der Waals surface area contributed by atoms with Crippen LogP contribution in [0.2, 0.25) is 0 Å². The zero-order valence-electron chi connectivity index (χ0n) is 12.5. The molecule has 0 aliphatic heterocycles. The highest BCUT2D eigenvalue weighted by atomic mass is 16.5. The Labute approximate surface area is 127 Å². The van der Waals surface area contributed by atoms with Crippen LogP contribution in [0.1, 0.15) is 34.8 Å². The van der Waals surface area contributed by atoms with E-state index >= 15 is 0 Å². The van der Waals surface area contributed by atoms with Crippen LogP contribution in [-0.2, 0) is 0 Å². The molecule has 3 rings (SSSR count). The third kappa shape index (κ3) is 2.39. The molecular weight excluding hydrogens is 282 g/mol. The van der Waals surface area contributed by atoms with E-state index in [9.17, 15) is 9.59 Å². The van der Waals surface area contributed by atoms with Crippen molar-refractivity contribution in [2.24, 2.45) is 0 Å². The van der Waals surface area contributed by atoms with Crippen LogP contribution >= 0.6 is 0 Å². The predicted molar refractivity (Wildman–Crippen MR) is 82.7 cm³/mol. The summed E-state index contributed by atoms with van der Waals surface area (Å²) in [5, 5.41) is 9.14. The van der Waals surface area contributed by atoms with Crippen molar-refractivity contribution >= 4 is 5.97 Å². The molecule has 1 aliphatic rings. The molecule has 22 heavy (non-hydrogen) atoms. The lowest BCUT2D eigenvalue weighted by atomic mass is 10.1. The zero-order chi connectivity index (χ0) is 15.9. The van der Waals surface area contributed by atoms with Gasteiger partial charge in [-0.15, -0.1) is 0 Å². The third-order valence-corrected chi connectivity index (χ3v) is 3.95. The monoisotopic (exact) mass is 299 g/mol. The van der Waals surface area contributed by atoms with Gasteiger partial charge in [0.15, 0.2) is 0 Å². The highest BCUT2D eigenvalue weighted by molar-refractivity contribution is 5.87. The lowest BCUT2D eigenvalue weighted by Crippen LogP contribution is -2.26. The molecular formula is C17H17NO4. The number of nitrogens with zero attached hydrogens (tertiary/aromatic N) is 1. The molecule has 1 N–H and O–H groups in total. The Kier molecular flexibility index (Phi) is 3.48. The molecule has 5 nitrogen and oxygen atoms in total. The Bertz CT molecular complexity index is 803. The number of aryl methyl sites for hydroxylation is 1. The van der Waals surface area contributed by atoms with Gasteiger partial charge in [-0.3, -0.25) is 4.79 Å². The molecule has 0 spiro atoms. The number of carboxylic acids is 1. The largest absolute Gasteiger partial charge is 0.496 e. The van der Waals surface area contributed by atoms with Gasteiger partial charge in [-0.2, -0.15) is 0 Å². The van der Waals surface area contributed by atoms with Crippen LogP contribution in [0.4, 0.5) is 0 Å². The molecule has 0 atom stereocenters. The maximum Gasteiger partial charge on any atom is 0.341 e. The summed E-state index contributed by atoms with van der Waals surface area (Å²) < 4.78 is 6.87. The molecule has 0 radical (unpaired) electrons. The average Bonchev–Trinajstić information content (AvgIpc) is 3.30. The highest BCUT2D eigenvalue weighted by Crippen LogP contribution is 2.37. The van der Waals surface area contributed by atoms with Gasteiger partial charge in [-0.25, -0.2) is 4.79 Å². The molecule has 1 aliphatic carbocycles. The number of carbonyl (C=O) groups is 1. The van der Waals surface area contributed by atoms with E-state index in [1.165, 1.54) is 6.07 Å². The molecule has 1 aromatic heterocycles. The van der Waals surface area contributed by atoms with Gasteiger partial charge in [0.25, 0.3) is 5.56 Å². The van der Waals surface area contributed by atoms with Crippen LogP contribution in [0.15, 0.2) is 35.1 Å². The number of ether oxygens (including phenoxy) is 1. The van der Waals surface area contributed by atoms with E-state index < -0.39 is 11.5 Å². The maximum atomic E-state index is 12.5. The summed E-state index contributed by atoms with van der Waals surface area (Å²) in [6.07, 6.45) is 1.82. The Balaban J connectivity index is 2.19. The minimum atomic E-state index is -1.18. The van der Waals surface area contributed by atoms with Gasteiger partial charge in [-0.1, -0.05) is 0 Å². The summed E-state index contributed by atoms with van der Waals surface area (Å²) in [4.78, 5) is 23.6. The Morgan fingerprint density at radius 3 is 2.55 bits per heavy atom. The van der Waals surface area contributed by atoms with Crippen LogP contribution in [0.5, 0.6) is 5.75 Å². The van der Waals surface area contributed by atoms with E-state index in [-0.39, 0.29) is 11.6 Å². The standard InChI is InChI=1S/C17H17NO4/c1-10-9-11(3-8-15(10)22-2)14-7-6-13(17(20)21)16(19)18(14)12-4-5-12/h3,6-9,12H,4-5H2,1-2H3,(H,20,21). The molecule has 0 bridgehead atoms. The zero-order valence-corrected chi connectivity index (χ0v) is 12.5. The SMILES string of the molecule is COc1ccc(-c2ccc(C(=O)O)c(=O)n2C2CC2)cc1C. The van der Waals surface area contributed by atoms with E-state index in [1.54, 1.807) is 17.7 Å². The topological polar surface area (TPSA) is 68.5 Å². The van der Waals surface area contributed by atoms with Crippen molar-refractivity contribution in [3.63, 3.8) is 0 Å². The summed E-state index contributed by atoms with van der Waals surface area (Å²) in [7, 11) is 1.61. The summed E-state index contributed by atoms with van der Waals surface area (Å²) in [5.41, 5.74) is 2.00. The minimum absolute atomic E-state index is 0.101. The van der Waals surface area contributed by atoms with Gasteiger partial charge in [0.2, 0.25) is 0 Å². The van der Waals surface area contributed by atoms with Crippen molar-refractivity contribution in [3.05, 3.63) is 51.8 Å². The number of aromatic nitrogens is 1. The summed E-state index contributed by atoms with van der Waals surface area (Å²) in [5.74, 6) is -0.400. The second-order valence-corrected chi connectivity index (χ2v) is 5.53. The first-order chi connectivity index (χ1) is 10.5. The van der Waals surface area contributed by atoms with Gasteiger partial charge in [0, 0.05) is 6.04 Å². The van der Waals surface area contributed by atoms with Gasteiger partial charge < -0.3 is 14.4 Å². The number of benzene rings is 1. The first-order valence-electron chi connectivity index (χ1n) is 7.16. The average molecular weight is 299 g/mol. The number of rotatable bonds is 4. The second-order valence-electron chi connectivity index (χ2n) is 5.53. The Morgan fingerprint density at radius 1 is 1.27 bits per heavy atom.